The lowest BCUT2D eigenvalue weighted by Crippen LogP contribution is -2.70. The van der Waals surface area contributed by atoms with Gasteiger partial charge in [0.2, 0.25) is 5.54 Å². The van der Waals surface area contributed by atoms with Gasteiger partial charge in [-0.2, -0.15) is 26.3 Å². The third-order valence-corrected chi connectivity index (χ3v) is 4.98. The van der Waals surface area contributed by atoms with Crippen LogP contribution in [-0.2, 0) is 9.53 Å². The second-order valence-electron chi connectivity index (χ2n) is 4.91. The zero-order chi connectivity index (χ0) is 15.5. The summed E-state index contributed by atoms with van der Waals surface area (Å²) in [5.41, 5.74) is -3.96. The molecule has 2 rings (SSSR count). The van der Waals surface area contributed by atoms with E-state index in [1.54, 1.807) is 5.32 Å². The Labute approximate surface area is 118 Å². The minimum absolute atomic E-state index is 0.494. The van der Waals surface area contributed by atoms with Gasteiger partial charge in [-0.1, -0.05) is 15.9 Å². The Bertz CT molecular complexity index is 409. The van der Waals surface area contributed by atoms with Gasteiger partial charge >= 0.3 is 18.3 Å². The SMILES string of the molecule is CC(=O)O[C@H]1C[C@H]2[C@@H](Br)[C@H]1NC2(C(F)(F)F)C(F)(F)F. The summed E-state index contributed by atoms with van der Waals surface area (Å²) in [7, 11) is 0. The molecular formula is C10H10BrF6NO2. The summed E-state index contributed by atoms with van der Waals surface area (Å²) in [6, 6.07) is -1.23. The van der Waals surface area contributed by atoms with Crippen molar-refractivity contribution in [1.29, 1.82) is 0 Å². The van der Waals surface area contributed by atoms with Crippen LogP contribution in [0, 0.1) is 5.92 Å². The molecule has 3 nitrogen and oxygen atoms in total. The molecule has 0 spiro atoms. The number of piperidine rings is 1. The molecule has 10 heteroatoms. The standard InChI is InChI=1S/C10H10BrF6NO2/c1-3(19)20-5-2-4-6(11)7(5)18-8(4,9(12,13)14)10(15,16)17/h4-7,18H,2H2,1H3/t4-,5-,6+,7-/m0/s1. The van der Waals surface area contributed by atoms with Gasteiger partial charge in [0.15, 0.2) is 0 Å². The number of nitrogens with one attached hydrogen (secondary N) is 1. The Kier molecular flexibility index (Phi) is 3.56. The number of carbonyl (C=O) groups is 1. The van der Waals surface area contributed by atoms with Gasteiger partial charge in [-0.3, -0.25) is 10.1 Å². The summed E-state index contributed by atoms with van der Waals surface area (Å²) in [4.78, 5) is 9.75. The molecule has 1 aliphatic carbocycles. The van der Waals surface area contributed by atoms with Gasteiger partial charge < -0.3 is 4.74 Å². The highest BCUT2D eigenvalue weighted by Gasteiger charge is 2.81. The maximum atomic E-state index is 13.0. The zero-order valence-corrected chi connectivity index (χ0v) is 11.6. The minimum Gasteiger partial charge on any atom is -0.461 e. The number of carbonyl (C=O) groups excluding carboxylic acids is 1. The molecule has 1 saturated heterocycles. The zero-order valence-electron chi connectivity index (χ0n) is 9.98. The number of hydrogen-bond acceptors (Lipinski definition) is 3. The average Bonchev–Trinajstić information content (AvgIpc) is 2.66. The predicted octanol–water partition coefficient (Wildman–Crippen LogP) is 2.54. The third-order valence-electron chi connectivity index (χ3n) is 3.78. The van der Waals surface area contributed by atoms with Crippen LogP contribution in [0.1, 0.15) is 13.3 Å². The predicted molar refractivity (Wildman–Crippen MR) is 58.1 cm³/mol. The maximum absolute atomic E-state index is 13.0. The van der Waals surface area contributed by atoms with Crippen molar-refractivity contribution in [2.24, 2.45) is 5.92 Å². The molecule has 0 aromatic heterocycles. The fourth-order valence-corrected chi connectivity index (χ4v) is 4.10. The minimum atomic E-state index is -5.49. The number of rotatable bonds is 1. The van der Waals surface area contributed by atoms with E-state index in [0.29, 0.717) is 0 Å². The highest BCUT2D eigenvalue weighted by atomic mass is 79.9. The molecular weight excluding hydrogens is 360 g/mol. The molecule has 0 unspecified atom stereocenters. The van der Waals surface area contributed by atoms with E-state index >= 15 is 0 Å². The molecule has 116 valence electrons. The summed E-state index contributed by atoms with van der Waals surface area (Å²) in [5.74, 6) is -2.52. The van der Waals surface area contributed by atoms with Crippen LogP contribution in [0.25, 0.3) is 0 Å². The van der Waals surface area contributed by atoms with Gasteiger partial charge in [0, 0.05) is 17.7 Å². The number of halogens is 7. The number of alkyl halides is 7. The van der Waals surface area contributed by atoms with Gasteiger partial charge in [0.25, 0.3) is 0 Å². The molecule has 0 aromatic rings. The summed E-state index contributed by atoms with van der Waals surface area (Å²) < 4.78 is 82.9. The van der Waals surface area contributed by atoms with Crippen molar-refractivity contribution >= 4 is 21.9 Å². The van der Waals surface area contributed by atoms with Crippen LogP contribution in [0.3, 0.4) is 0 Å². The van der Waals surface area contributed by atoms with Crippen LogP contribution in [0.5, 0.6) is 0 Å². The second-order valence-corrected chi connectivity index (χ2v) is 5.97. The molecule has 1 N–H and O–H groups in total. The van der Waals surface area contributed by atoms with E-state index in [1.165, 1.54) is 0 Å². The van der Waals surface area contributed by atoms with Crippen molar-refractivity contribution in [3.8, 4) is 0 Å². The van der Waals surface area contributed by atoms with Crippen LogP contribution in [0.2, 0.25) is 0 Å². The van der Waals surface area contributed by atoms with Crippen molar-refractivity contribution in [2.45, 2.75) is 48.2 Å². The number of fused-ring (bicyclic) bond motifs is 2. The quantitative estimate of drug-likeness (QED) is 0.438. The Balaban J connectivity index is 2.37. The monoisotopic (exact) mass is 369 g/mol. The van der Waals surface area contributed by atoms with Gasteiger partial charge in [0.1, 0.15) is 6.10 Å². The van der Waals surface area contributed by atoms with Gasteiger partial charge in [-0.05, 0) is 6.42 Å². The maximum Gasteiger partial charge on any atom is 0.415 e. The molecule has 0 radical (unpaired) electrons. The Morgan fingerprint density at radius 3 is 2.05 bits per heavy atom. The lowest BCUT2D eigenvalue weighted by Gasteiger charge is -2.42. The van der Waals surface area contributed by atoms with Crippen molar-refractivity contribution in [3.63, 3.8) is 0 Å². The molecule has 2 fully saturated rings. The van der Waals surface area contributed by atoms with Crippen LogP contribution in [0.15, 0.2) is 0 Å². The average molecular weight is 370 g/mol. The first-order valence-corrected chi connectivity index (χ1v) is 6.56. The van der Waals surface area contributed by atoms with Crippen LogP contribution < -0.4 is 5.32 Å². The first kappa shape index (κ1) is 15.9. The molecule has 0 aromatic carbocycles. The molecule has 2 aliphatic rings. The normalized spacial score (nSPS) is 36.2. The fourth-order valence-electron chi connectivity index (χ4n) is 3.02. The van der Waals surface area contributed by atoms with Crippen molar-refractivity contribution in [3.05, 3.63) is 0 Å². The Morgan fingerprint density at radius 1 is 1.25 bits per heavy atom. The van der Waals surface area contributed by atoms with E-state index in [2.05, 4.69) is 15.9 Å². The lowest BCUT2D eigenvalue weighted by molar-refractivity contribution is -0.320. The molecule has 1 aliphatic heterocycles. The highest BCUT2D eigenvalue weighted by Crippen LogP contribution is 2.59. The van der Waals surface area contributed by atoms with Crippen molar-refractivity contribution in [2.75, 3.05) is 0 Å². The molecule has 4 atom stereocenters. The number of hydrogen-bond donors (Lipinski definition) is 1. The smallest absolute Gasteiger partial charge is 0.415 e. The Hall–Kier alpha value is -0.510. The van der Waals surface area contributed by atoms with E-state index in [9.17, 15) is 31.1 Å². The van der Waals surface area contributed by atoms with E-state index < -0.39 is 53.2 Å². The summed E-state index contributed by atoms with van der Waals surface area (Å²) in [6.07, 6.45) is -12.5. The summed E-state index contributed by atoms with van der Waals surface area (Å²) in [5, 5.41) is 1.61. The van der Waals surface area contributed by atoms with Crippen LogP contribution >= 0.6 is 15.9 Å². The third kappa shape index (κ3) is 2.02. The van der Waals surface area contributed by atoms with Gasteiger partial charge in [-0.25, -0.2) is 0 Å². The van der Waals surface area contributed by atoms with E-state index in [1.807, 2.05) is 0 Å². The lowest BCUT2D eigenvalue weighted by atomic mass is 9.82. The number of esters is 1. The first-order chi connectivity index (χ1) is 8.92. The fraction of sp³-hybridized carbons (Fsp3) is 0.900. The molecule has 2 bridgehead atoms. The van der Waals surface area contributed by atoms with Crippen LogP contribution in [-0.4, -0.2) is 40.8 Å². The molecule has 0 amide bonds. The van der Waals surface area contributed by atoms with E-state index in [4.69, 9.17) is 4.74 Å². The molecule has 1 heterocycles. The largest absolute Gasteiger partial charge is 0.461 e. The van der Waals surface area contributed by atoms with E-state index in [0.717, 1.165) is 6.92 Å². The number of ether oxygens (including phenoxy) is 1. The van der Waals surface area contributed by atoms with E-state index in [-0.39, 0.29) is 0 Å². The van der Waals surface area contributed by atoms with Crippen molar-refractivity contribution in [1.82, 2.24) is 5.32 Å². The second kappa shape index (κ2) is 4.49. The summed E-state index contributed by atoms with van der Waals surface area (Å²) in [6.45, 7) is 1.05. The Morgan fingerprint density at radius 2 is 1.75 bits per heavy atom. The van der Waals surface area contributed by atoms with Crippen molar-refractivity contribution < 1.29 is 35.9 Å². The topological polar surface area (TPSA) is 38.3 Å². The molecule has 20 heavy (non-hydrogen) atoms. The first-order valence-electron chi connectivity index (χ1n) is 5.64. The molecule has 1 saturated carbocycles. The highest BCUT2D eigenvalue weighted by molar-refractivity contribution is 9.09. The van der Waals surface area contributed by atoms with Crippen LogP contribution in [0.4, 0.5) is 26.3 Å². The van der Waals surface area contributed by atoms with Gasteiger partial charge in [-0.15, -0.1) is 0 Å². The van der Waals surface area contributed by atoms with Gasteiger partial charge in [0.05, 0.1) is 6.04 Å². The summed E-state index contributed by atoms with van der Waals surface area (Å²) >= 11 is 2.87.